The van der Waals surface area contributed by atoms with Crippen molar-refractivity contribution in [2.45, 2.75) is 280 Å². The van der Waals surface area contributed by atoms with Crippen LogP contribution in [-0.4, -0.2) is 340 Å². The third-order valence-corrected chi connectivity index (χ3v) is 26.9. The van der Waals surface area contributed by atoms with Gasteiger partial charge in [-0.25, -0.2) is 4.79 Å². The maximum Gasteiger partial charge on any atom is 0.327 e. The molecule has 0 saturated carbocycles. The van der Waals surface area contributed by atoms with Crippen molar-refractivity contribution in [3.63, 3.8) is 0 Å². The van der Waals surface area contributed by atoms with Gasteiger partial charge in [0.05, 0.1) is 18.3 Å². The molecular weight excluding hydrogens is 1920 g/mol. The molecule has 796 valence electrons. The molecule has 3 saturated heterocycles. The largest absolute Gasteiger partial charge is 0.508 e. The van der Waals surface area contributed by atoms with Gasteiger partial charge >= 0.3 is 17.9 Å². The Labute approximate surface area is 849 Å². The van der Waals surface area contributed by atoms with E-state index in [0.29, 0.717) is 63.1 Å². The van der Waals surface area contributed by atoms with Gasteiger partial charge in [-0.3, -0.25) is 91.1 Å². The molecule has 46 nitrogen and oxygen atoms in total. The van der Waals surface area contributed by atoms with Gasteiger partial charge in [-0.1, -0.05) is 116 Å². The van der Waals surface area contributed by atoms with E-state index in [4.69, 9.17) is 23.6 Å². The number of benzene rings is 3. The van der Waals surface area contributed by atoms with Crippen molar-refractivity contribution in [3.8, 4) is 18.1 Å². The van der Waals surface area contributed by atoms with Crippen molar-refractivity contribution in [2.75, 3.05) is 58.8 Å². The highest BCUT2D eigenvalue weighted by atomic mass is 32.2. The third-order valence-electron chi connectivity index (χ3n) is 25.9. The number of phenolic OH excluding ortho intramolecular Hbond substituents is 1. The van der Waals surface area contributed by atoms with Gasteiger partial charge in [0.25, 0.3) is 0 Å². The number of carboxylic acid groups (broad SMARTS) is 3. The smallest absolute Gasteiger partial charge is 0.327 e. The predicted molar refractivity (Wildman–Crippen MR) is 534 cm³/mol. The standard InChI is InChI=1S/C99H139N21O25S/c1-12-15-26-76-91(136)108-67(39-53(4)5)87(132)114-74(90(135)105-64(34-35-82(125)126)85(130)107-66(22-14-3)99(144)145)51-146-52-81(124)104-70(41-56-30-32-59(121)33-31-56)94(139)115(9)55(8)84(129)110-72(45-80(102)123)96(141)119-38-21-29-77(119)92(137)113-73(46-101)89(134)111-69(40-54(6)7)97(142)120-49-60(122)44-79(120)93(138)109-68(42-57-47-103-63-25-19-17-23-61(57)63)88(133)106-65(36-37-100)86(131)112-71(95(140)117(11)78(27-16-13-2)98(143)116(76)10)43-58-48-118(50-83(127)128)75-28-20-18-24-62(58)75/h3,17-20,23-25,28,30-33,47-48,53-55,60,64-74,76-79,103,121-122H,12-13,15-16,21-22,26-27,29,34-46,49-52,100-101H2,1-2,4-11H3,(H2,102,123)(H,104,124)(H,105,135)(H,106,133)(H,107,130)(H,108,136)(H,109,138)(H,110,129)(H,111,134)(H,112,131)(H,113,137)(H,114,132)(H,125,126)(H,127,128)(H,144,145)/t55-,60+,64-,65-,66-,67-,68-,69-,70-,71-,72-,73-,74-,76-,77-,78-,79-/m0/s1. The maximum atomic E-state index is 16.1. The van der Waals surface area contributed by atoms with Crippen molar-refractivity contribution >= 4 is 152 Å². The van der Waals surface area contributed by atoms with Crippen LogP contribution in [0.25, 0.3) is 21.8 Å². The highest BCUT2D eigenvalue weighted by molar-refractivity contribution is 8.00. The lowest BCUT2D eigenvalue weighted by Gasteiger charge is -2.36. The highest BCUT2D eigenvalue weighted by Crippen LogP contribution is 2.29. The van der Waals surface area contributed by atoms with E-state index in [2.05, 4.69) is 69.4 Å². The Bertz CT molecular complexity index is 5570. The van der Waals surface area contributed by atoms with E-state index in [-0.39, 0.29) is 95.4 Å². The van der Waals surface area contributed by atoms with Gasteiger partial charge in [0.2, 0.25) is 100 Å². The molecule has 0 bridgehead atoms. The number of hydrogen-bond donors (Lipinski definition) is 20. The topological polar surface area (TPSA) is 690 Å². The second kappa shape index (κ2) is 55.7. The molecule has 3 fully saturated rings. The number of aliphatic carboxylic acids is 3. The van der Waals surface area contributed by atoms with Crippen LogP contribution in [0.1, 0.15) is 168 Å². The summed E-state index contributed by atoms with van der Waals surface area (Å²) in [4.78, 5) is 300. The summed E-state index contributed by atoms with van der Waals surface area (Å²) in [5.74, 6) is -21.8. The van der Waals surface area contributed by atoms with Crippen LogP contribution < -0.4 is 75.7 Å². The quantitative estimate of drug-likeness (QED) is 0.0209. The maximum absolute atomic E-state index is 16.1. The number of rotatable bonds is 32. The van der Waals surface area contributed by atoms with Crippen LogP contribution in [0.4, 0.5) is 0 Å². The van der Waals surface area contributed by atoms with Crippen molar-refractivity contribution in [1.82, 2.24) is 92.5 Å². The Morgan fingerprint density at radius 3 is 1.75 bits per heavy atom. The van der Waals surface area contributed by atoms with Crippen LogP contribution in [0.3, 0.4) is 0 Å². The lowest BCUT2D eigenvalue weighted by atomic mass is 9.99. The molecule has 2 aromatic heterocycles. The number of para-hydroxylation sites is 2. The van der Waals surface area contributed by atoms with Crippen molar-refractivity contribution < 1.29 is 121 Å². The van der Waals surface area contributed by atoms with Crippen LogP contribution in [-0.2, 0) is 122 Å². The molecule has 47 heteroatoms. The first kappa shape index (κ1) is 117. The Morgan fingerprint density at radius 2 is 1.12 bits per heavy atom. The summed E-state index contributed by atoms with van der Waals surface area (Å²) < 4.78 is 1.42. The third kappa shape index (κ3) is 32.9. The number of likely N-dealkylation sites (N-methyl/N-ethyl adjacent to an activating group) is 3. The second-order valence-electron chi connectivity index (χ2n) is 37.9. The molecular formula is C99H139N21O25S. The molecule has 5 aromatic rings. The number of nitrogens with zero attached hydrogens (tertiary/aromatic N) is 6. The zero-order valence-corrected chi connectivity index (χ0v) is 84.6. The predicted octanol–water partition coefficient (Wildman–Crippen LogP) is -1.90. The van der Waals surface area contributed by atoms with Gasteiger partial charge in [-0.2, -0.15) is 0 Å². The number of unbranched alkanes of at least 4 members (excludes halogenated alkanes) is 2. The van der Waals surface area contributed by atoms with E-state index >= 15 is 47.9 Å². The molecule has 146 heavy (non-hydrogen) atoms. The number of thioether (sulfide) groups is 1. The summed E-state index contributed by atoms with van der Waals surface area (Å²) in [6.45, 7) is 9.53. The van der Waals surface area contributed by atoms with E-state index in [9.17, 15) is 73.5 Å². The highest BCUT2D eigenvalue weighted by Gasteiger charge is 2.47. The number of terminal acetylenes is 1. The van der Waals surface area contributed by atoms with Gasteiger partial charge in [0.15, 0.2) is 0 Å². The van der Waals surface area contributed by atoms with Crippen molar-refractivity contribution in [3.05, 3.63) is 102 Å². The summed E-state index contributed by atoms with van der Waals surface area (Å²) >= 11 is 0.647. The number of aromatic amines is 1. The van der Waals surface area contributed by atoms with Crippen LogP contribution in [0, 0.1) is 24.2 Å². The number of aromatic nitrogens is 2. The van der Waals surface area contributed by atoms with E-state index in [0.717, 1.165) is 24.5 Å². The first-order chi connectivity index (χ1) is 69.2. The molecule has 0 radical (unpaired) electrons. The Morgan fingerprint density at radius 1 is 0.562 bits per heavy atom. The molecule has 0 unspecified atom stereocenters. The molecule has 17 atom stereocenters. The van der Waals surface area contributed by atoms with E-state index in [1.807, 2.05) is 6.92 Å². The number of nitrogens with two attached hydrogens (primary N) is 3. The number of H-pyrrole nitrogens is 1. The first-order valence-corrected chi connectivity index (χ1v) is 50.1. The summed E-state index contributed by atoms with van der Waals surface area (Å²) in [7, 11) is 3.78. The van der Waals surface area contributed by atoms with Crippen molar-refractivity contribution in [1.29, 1.82) is 0 Å². The second-order valence-corrected chi connectivity index (χ2v) is 39.0. The SMILES string of the molecule is C#CC[C@H](NC(=O)[C@H](CCC(=O)O)NC(=O)[C@@H]1CSCC(=O)N[C@@H](Cc2ccc(O)cc2)C(=O)N(C)[C@@H](C)C(=O)N[C@@H](CC(N)=O)C(=O)N2CCC[C@H]2C(=O)N[C@@H](CN)C(=O)N[C@@H](CC(C)C)C(=O)N2C[C@H](O)C[C@H]2C(=O)N[C@@H](Cc2c[nH]c3ccccc23)C(=O)N[C@@H](CCN)C(=O)N[C@@H](Cc2cn(CC(=O)O)c3ccccc23)C(=O)N(C)[C@@H](CCCC)C(=O)N(C)[C@@H](CCCC)C(=O)N[C@@H](CC(C)C)C(=O)N1)C(=O)O. The number of amides is 17. The van der Waals surface area contributed by atoms with Gasteiger partial charge in [0, 0.05) is 119 Å². The monoisotopic (exact) mass is 2050 g/mol. The van der Waals surface area contributed by atoms with Gasteiger partial charge in [-0.05, 0) is 118 Å². The molecule has 3 aromatic carbocycles. The molecule has 8 rings (SSSR count). The molecule has 0 spiro atoms. The number of hydrogen-bond acceptors (Lipinski definition) is 25. The first-order valence-electron chi connectivity index (χ1n) is 48.9. The number of phenols is 1. The Kier molecular flexibility index (Phi) is 44.6. The number of nitrogens with one attached hydrogen (secondary N) is 12. The van der Waals surface area contributed by atoms with E-state index in [1.165, 1.54) is 63.1 Å². The Balaban J connectivity index is 1.24. The van der Waals surface area contributed by atoms with Crippen LogP contribution in [0.5, 0.6) is 5.75 Å². The number of aliphatic hydroxyl groups is 1. The summed E-state index contributed by atoms with van der Waals surface area (Å²) in [6.07, 6.45) is 3.37. The molecule has 5 heterocycles. The number of primary amides is 1. The summed E-state index contributed by atoms with van der Waals surface area (Å²) in [6, 6.07) is -7.25. The summed E-state index contributed by atoms with van der Waals surface area (Å²) in [5, 5.41) is 81.3. The van der Waals surface area contributed by atoms with E-state index < -0.39 is 297 Å². The number of carbonyl (C=O) groups is 20. The van der Waals surface area contributed by atoms with Gasteiger partial charge in [-0.15, -0.1) is 24.1 Å². The van der Waals surface area contributed by atoms with Gasteiger partial charge in [0.1, 0.15) is 109 Å². The Hall–Kier alpha value is -14.3. The van der Waals surface area contributed by atoms with E-state index in [1.54, 1.807) is 89.3 Å². The lowest BCUT2D eigenvalue weighted by Crippen LogP contribution is -2.62. The lowest BCUT2D eigenvalue weighted by molar-refractivity contribution is -0.149. The van der Waals surface area contributed by atoms with Crippen LogP contribution in [0.15, 0.2) is 85.2 Å². The number of carboxylic acids is 3. The number of fused-ring (bicyclic) bond motifs is 4. The fourth-order valence-electron chi connectivity index (χ4n) is 17.9. The number of carbonyl (C=O) groups excluding carboxylic acids is 17. The minimum absolute atomic E-state index is 0.0521. The van der Waals surface area contributed by atoms with Crippen LogP contribution in [0.2, 0.25) is 0 Å². The minimum Gasteiger partial charge on any atom is -0.508 e. The van der Waals surface area contributed by atoms with Crippen molar-refractivity contribution in [2.24, 2.45) is 29.0 Å². The zero-order valence-electron chi connectivity index (χ0n) is 83.7. The van der Waals surface area contributed by atoms with Gasteiger partial charge < -0.3 is 135 Å². The normalized spacial score (nSPS) is 24.2. The molecule has 3 aliphatic heterocycles. The molecule has 3 aliphatic rings. The minimum atomic E-state index is -1.88. The fourth-order valence-corrected chi connectivity index (χ4v) is 18.8. The average Bonchev–Trinajstić information content (AvgIpc) is 1.63. The number of aliphatic hydroxyl groups excluding tert-OH is 1. The zero-order chi connectivity index (χ0) is 108. The average molecular weight is 2060 g/mol. The van der Waals surface area contributed by atoms with Crippen LogP contribution >= 0.6 is 11.8 Å². The molecule has 0 aliphatic carbocycles. The number of aromatic hydroxyl groups is 1. The fraction of sp³-hybridized carbons (Fsp3) is 0.556. The summed E-state index contributed by atoms with van der Waals surface area (Å²) in [5.41, 5.74) is 20.4. The molecule has 17 amide bonds. The molecule has 23 N–H and O–H groups in total.